The predicted octanol–water partition coefficient (Wildman–Crippen LogP) is 4.15. The molecule has 6 heteroatoms. The van der Waals surface area contributed by atoms with Gasteiger partial charge in [0.25, 0.3) is 5.95 Å². The van der Waals surface area contributed by atoms with Gasteiger partial charge in [-0.15, -0.1) is 5.10 Å². The van der Waals surface area contributed by atoms with Crippen LogP contribution < -0.4 is 10.2 Å². The fourth-order valence-electron chi connectivity index (χ4n) is 2.84. The van der Waals surface area contributed by atoms with Gasteiger partial charge in [0, 0.05) is 11.1 Å². The zero-order valence-corrected chi connectivity index (χ0v) is 14.7. The van der Waals surface area contributed by atoms with E-state index in [1.54, 1.807) is 19.5 Å². The van der Waals surface area contributed by atoms with Crippen molar-refractivity contribution in [3.05, 3.63) is 78.5 Å². The van der Waals surface area contributed by atoms with Crippen LogP contribution in [0.1, 0.15) is 5.56 Å². The topological polar surface area (TPSA) is 72.3 Å². The Labute approximate surface area is 156 Å². The minimum absolute atomic E-state index is 0.326. The minimum atomic E-state index is 0.326. The Balaban J connectivity index is 1.61. The van der Waals surface area contributed by atoms with E-state index in [1.807, 2.05) is 60.7 Å². The number of anilines is 1. The Morgan fingerprint density at radius 2 is 1.78 bits per heavy atom. The van der Waals surface area contributed by atoms with Crippen LogP contribution in [0.4, 0.5) is 5.95 Å². The molecule has 3 aromatic carbocycles. The molecule has 6 nitrogen and oxygen atoms in total. The third kappa shape index (κ3) is 3.59. The van der Waals surface area contributed by atoms with Gasteiger partial charge in [-0.2, -0.15) is 10.2 Å². The second kappa shape index (κ2) is 7.61. The van der Waals surface area contributed by atoms with Crippen LogP contribution in [0.3, 0.4) is 0 Å². The number of aromatic nitrogens is 3. The second-order valence-electron chi connectivity index (χ2n) is 5.80. The van der Waals surface area contributed by atoms with Gasteiger partial charge >= 0.3 is 0 Å². The number of fused-ring (bicyclic) bond motifs is 1. The molecule has 1 N–H and O–H groups in total. The first-order chi connectivity index (χ1) is 13.3. The number of hydrogen-bond acceptors (Lipinski definition) is 6. The van der Waals surface area contributed by atoms with Crippen LogP contribution in [-0.4, -0.2) is 28.5 Å². The van der Waals surface area contributed by atoms with E-state index < -0.39 is 0 Å². The zero-order chi connectivity index (χ0) is 18.5. The molecule has 1 heterocycles. The molecule has 0 amide bonds. The van der Waals surface area contributed by atoms with Crippen molar-refractivity contribution < 1.29 is 4.74 Å². The number of rotatable bonds is 5. The number of nitrogens with one attached hydrogen (secondary N) is 1. The quantitative estimate of drug-likeness (QED) is 0.430. The van der Waals surface area contributed by atoms with Crippen LogP contribution in [0.15, 0.2) is 78.0 Å². The standard InChI is InChI=1S/C21H17N5O/c1-27-20-12-11-15-7-5-6-10-17(15)18(20)13-22-25-21-24-19(14-23-26-21)16-8-3-2-4-9-16/h2-14H,1H3,(H,24,25,26). The van der Waals surface area contributed by atoms with Gasteiger partial charge in [-0.3, -0.25) is 0 Å². The van der Waals surface area contributed by atoms with Crippen LogP contribution in [0, 0.1) is 0 Å². The summed E-state index contributed by atoms with van der Waals surface area (Å²) < 4.78 is 5.47. The maximum atomic E-state index is 5.47. The van der Waals surface area contributed by atoms with Crippen LogP contribution >= 0.6 is 0 Å². The summed E-state index contributed by atoms with van der Waals surface area (Å²) in [7, 11) is 1.64. The van der Waals surface area contributed by atoms with Crippen LogP contribution in [0.5, 0.6) is 5.75 Å². The monoisotopic (exact) mass is 355 g/mol. The lowest BCUT2D eigenvalue weighted by atomic mass is 10.0. The molecule has 0 spiro atoms. The van der Waals surface area contributed by atoms with E-state index in [2.05, 4.69) is 31.8 Å². The van der Waals surface area contributed by atoms with Crippen LogP contribution in [-0.2, 0) is 0 Å². The third-order valence-corrected chi connectivity index (χ3v) is 4.14. The summed E-state index contributed by atoms with van der Waals surface area (Å²) in [5, 5.41) is 14.4. The minimum Gasteiger partial charge on any atom is -0.496 e. The Kier molecular flexibility index (Phi) is 4.70. The highest BCUT2D eigenvalue weighted by atomic mass is 16.5. The maximum Gasteiger partial charge on any atom is 0.263 e. The van der Waals surface area contributed by atoms with Crippen molar-refractivity contribution >= 4 is 22.9 Å². The lowest BCUT2D eigenvalue weighted by Crippen LogP contribution is -2.00. The van der Waals surface area contributed by atoms with E-state index in [-0.39, 0.29) is 0 Å². The van der Waals surface area contributed by atoms with Gasteiger partial charge in [-0.05, 0) is 16.8 Å². The fraction of sp³-hybridized carbons (Fsp3) is 0.0476. The van der Waals surface area contributed by atoms with E-state index in [4.69, 9.17) is 4.74 Å². The third-order valence-electron chi connectivity index (χ3n) is 4.14. The molecule has 4 rings (SSSR count). The molecule has 27 heavy (non-hydrogen) atoms. The lowest BCUT2D eigenvalue weighted by Gasteiger charge is -2.08. The van der Waals surface area contributed by atoms with Gasteiger partial charge in [0.2, 0.25) is 0 Å². The highest BCUT2D eigenvalue weighted by Crippen LogP contribution is 2.26. The maximum absolute atomic E-state index is 5.47. The number of nitrogens with zero attached hydrogens (tertiary/aromatic N) is 4. The molecule has 1 aromatic heterocycles. The SMILES string of the molecule is COc1ccc2ccccc2c1C=NNc1nncc(-c2ccccc2)n1. The van der Waals surface area contributed by atoms with Crippen molar-refractivity contribution in [2.45, 2.75) is 0 Å². The number of hydrogen-bond donors (Lipinski definition) is 1. The fourth-order valence-corrected chi connectivity index (χ4v) is 2.84. The summed E-state index contributed by atoms with van der Waals surface area (Å²) in [6.45, 7) is 0. The number of ether oxygens (including phenoxy) is 1. The first-order valence-corrected chi connectivity index (χ1v) is 8.45. The highest BCUT2D eigenvalue weighted by Gasteiger charge is 2.06. The average Bonchev–Trinajstić information content (AvgIpc) is 2.74. The van der Waals surface area contributed by atoms with Gasteiger partial charge in [0.1, 0.15) is 5.75 Å². The molecule has 0 saturated heterocycles. The molecule has 0 saturated carbocycles. The average molecular weight is 355 g/mol. The number of methoxy groups -OCH3 is 1. The van der Waals surface area contributed by atoms with Crippen molar-refractivity contribution in [1.29, 1.82) is 0 Å². The van der Waals surface area contributed by atoms with Gasteiger partial charge in [-0.1, -0.05) is 60.7 Å². The lowest BCUT2D eigenvalue weighted by molar-refractivity contribution is 0.415. The summed E-state index contributed by atoms with van der Waals surface area (Å²) in [5.41, 5.74) is 5.43. The van der Waals surface area contributed by atoms with Gasteiger partial charge in [0.05, 0.1) is 25.2 Å². The summed E-state index contributed by atoms with van der Waals surface area (Å²) in [6.07, 6.45) is 3.33. The highest BCUT2D eigenvalue weighted by molar-refractivity contribution is 6.02. The predicted molar refractivity (Wildman–Crippen MR) is 107 cm³/mol. The molecule has 0 bridgehead atoms. The summed E-state index contributed by atoms with van der Waals surface area (Å²) in [5.74, 6) is 1.07. The molecule has 0 aliphatic rings. The normalized spacial score (nSPS) is 11.0. The van der Waals surface area contributed by atoms with Crippen molar-refractivity contribution in [2.75, 3.05) is 12.5 Å². The molecule has 0 unspecified atom stereocenters. The Morgan fingerprint density at radius 1 is 0.963 bits per heavy atom. The smallest absolute Gasteiger partial charge is 0.263 e. The van der Waals surface area contributed by atoms with Crippen molar-refractivity contribution in [3.63, 3.8) is 0 Å². The molecule has 4 aromatic rings. The molecular formula is C21H17N5O. The molecule has 0 aliphatic heterocycles. The van der Waals surface area contributed by atoms with E-state index in [9.17, 15) is 0 Å². The van der Waals surface area contributed by atoms with Gasteiger partial charge in [0.15, 0.2) is 0 Å². The largest absolute Gasteiger partial charge is 0.496 e. The van der Waals surface area contributed by atoms with E-state index in [1.165, 1.54) is 0 Å². The Morgan fingerprint density at radius 3 is 2.63 bits per heavy atom. The molecule has 0 aliphatic carbocycles. The van der Waals surface area contributed by atoms with E-state index >= 15 is 0 Å². The van der Waals surface area contributed by atoms with Gasteiger partial charge < -0.3 is 4.74 Å². The molecule has 0 fully saturated rings. The van der Waals surface area contributed by atoms with E-state index in [0.29, 0.717) is 5.95 Å². The number of hydrazone groups is 1. The zero-order valence-electron chi connectivity index (χ0n) is 14.7. The van der Waals surface area contributed by atoms with Crippen molar-refractivity contribution in [3.8, 4) is 17.0 Å². The Hall–Kier alpha value is -3.80. The van der Waals surface area contributed by atoms with Crippen LogP contribution in [0.2, 0.25) is 0 Å². The summed E-state index contributed by atoms with van der Waals surface area (Å²) in [6, 6.07) is 21.8. The first kappa shape index (κ1) is 16.7. The molecule has 0 atom stereocenters. The first-order valence-electron chi connectivity index (χ1n) is 8.45. The van der Waals surface area contributed by atoms with E-state index in [0.717, 1.165) is 33.3 Å². The molecule has 0 radical (unpaired) electrons. The van der Waals surface area contributed by atoms with Crippen molar-refractivity contribution in [2.24, 2.45) is 5.10 Å². The Bertz CT molecular complexity index is 1100. The summed E-state index contributed by atoms with van der Waals surface area (Å²) >= 11 is 0. The second-order valence-corrected chi connectivity index (χ2v) is 5.80. The van der Waals surface area contributed by atoms with Crippen molar-refractivity contribution in [1.82, 2.24) is 15.2 Å². The molecule has 132 valence electrons. The van der Waals surface area contributed by atoms with Crippen LogP contribution in [0.25, 0.3) is 22.0 Å². The number of benzene rings is 3. The van der Waals surface area contributed by atoms with Gasteiger partial charge in [-0.25, -0.2) is 10.4 Å². The molecular weight excluding hydrogens is 338 g/mol. The summed E-state index contributed by atoms with van der Waals surface area (Å²) in [4.78, 5) is 4.45.